The van der Waals surface area contributed by atoms with E-state index in [0.717, 1.165) is 15.9 Å². The van der Waals surface area contributed by atoms with Crippen molar-refractivity contribution >= 4 is 39.1 Å². The lowest BCUT2D eigenvalue weighted by atomic mass is 10.1. The van der Waals surface area contributed by atoms with Gasteiger partial charge in [0, 0.05) is 5.56 Å². The van der Waals surface area contributed by atoms with Crippen LogP contribution in [0.2, 0.25) is 10.0 Å². The van der Waals surface area contributed by atoms with Gasteiger partial charge in [0.25, 0.3) is 0 Å². The van der Waals surface area contributed by atoms with E-state index in [0.29, 0.717) is 10.0 Å². The van der Waals surface area contributed by atoms with Crippen molar-refractivity contribution in [2.75, 3.05) is 0 Å². The Balaban J connectivity index is 2.50. The van der Waals surface area contributed by atoms with Gasteiger partial charge in [0.1, 0.15) is 10.9 Å². The van der Waals surface area contributed by atoms with Crippen LogP contribution in [0.1, 0.15) is 0 Å². The predicted molar refractivity (Wildman–Crippen MR) is 65.2 cm³/mol. The molecular weight excluding hydrogens is 299 g/mol. The molecule has 0 amide bonds. The summed E-state index contributed by atoms with van der Waals surface area (Å²) in [6, 6.07) is 7.20. The summed E-state index contributed by atoms with van der Waals surface area (Å²) in [6.45, 7) is 0. The van der Waals surface area contributed by atoms with Crippen LogP contribution in [-0.4, -0.2) is 9.97 Å². The fourth-order valence-electron chi connectivity index (χ4n) is 1.15. The van der Waals surface area contributed by atoms with E-state index in [2.05, 4.69) is 25.9 Å². The van der Waals surface area contributed by atoms with E-state index in [1.54, 1.807) is 12.1 Å². The van der Waals surface area contributed by atoms with Gasteiger partial charge in [-0.2, -0.15) is 0 Å². The molecule has 5 heteroatoms. The molecule has 0 fully saturated rings. The molecule has 0 aliphatic carbocycles. The number of nitrogens with zero attached hydrogens (tertiary/aromatic N) is 2. The monoisotopic (exact) mass is 302 g/mol. The second kappa shape index (κ2) is 4.47. The summed E-state index contributed by atoms with van der Waals surface area (Å²) in [5, 5.41) is 1.05. The zero-order chi connectivity index (χ0) is 10.8. The normalized spacial score (nSPS) is 10.3. The summed E-state index contributed by atoms with van der Waals surface area (Å²) in [5.41, 5.74) is 1.71. The van der Waals surface area contributed by atoms with Gasteiger partial charge in [-0.05, 0) is 34.1 Å². The summed E-state index contributed by atoms with van der Waals surface area (Å²) < 4.78 is 0.735. The molecule has 15 heavy (non-hydrogen) atoms. The molecule has 76 valence electrons. The van der Waals surface area contributed by atoms with E-state index >= 15 is 0 Å². The first-order valence-corrected chi connectivity index (χ1v) is 5.64. The van der Waals surface area contributed by atoms with Crippen molar-refractivity contribution in [1.29, 1.82) is 0 Å². The molecule has 1 aromatic carbocycles. The van der Waals surface area contributed by atoms with Crippen molar-refractivity contribution in [2.45, 2.75) is 0 Å². The molecule has 0 spiro atoms. The zero-order valence-corrected chi connectivity index (χ0v) is 10.5. The van der Waals surface area contributed by atoms with Gasteiger partial charge < -0.3 is 0 Å². The standard InChI is InChI=1S/C10H5BrCl2N2/c11-10-4-9(14-5-15-10)6-1-2-7(12)8(13)3-6/h1-5H. The maximum Gasteiger partial charge on any atom is 0.117 e. The van der Waals surface area contributed by atoms with E-state index in [-0.39, 0.29) is 0 Å². The summed E-state index contributed by atoms with van der Waals surface area (Å²) in [5.74, 6) is 0. The molecule has 1 aromatic heterocycles. The van der Waals surface area contributed by atoms with Crippen molar-refractivity contribution in [3.8, 4) is 11.3 Å². The van der Waals surface area contributed by atoms with Crippen LogP contribution in [0, 0.1) is 0 Å². The third-order valence-electron chi connectivity index (χ3n) is 1.85. The molecule has 0 unspecified atom stereocenters. The SMILES string of the molecule is Clc1ccc(-c2cc(Br)ncn2)cc1Cl. The first-order chi connectivity index (χ1) is 7.16. The summed E-state index contributed by atoms with van der Waals surface area (Å²) >= 11 is 15.0. The molecule has 0 radical (unpaired) electrons. The highest BCUT2D eigenvalue weighted by atomic mass is 79.9. The highest BCUT2D eigenvalue weighted by molar-refractivity contribution is 9.10. The van der Waals surface area contributed by atoms with Crippen LogP contribution in [0.3, 0.4) is 0 Å². The summed E-state index contributed by atoms with van der Waals surface area (Å²) in [6.07, 6.45) is 1.49. The van der Waals surface area contributed by atoms with E-state index in [1.807, 2.05) is 12.1 Å². The number of aromatic nitrogens is 2. The molecule has 0 N–H and O–H groups in total. The Morgan fingerprint density at radius 1 is 1.00 bits per heavy atom. The van der Waals surface area contributed by atoms with Crippen molar-refractivity contribution in [3.05, 3.63) is 45.2 Å². The Hall–Kier alpha value is -0.640. The fraction of sp³-hybridized carbons (Fsp3) is 0. The van der Waals surface area contributed by atoms with E-state index in [1.165, 1.54) is 6.33 Å². The molecule has 2 rings (SSSR count). The van der Waals surface area contributed by atoms with Gasteiger partial charge in [0.2, 0.25) is 0 Å². The van der Waals surface area contributed by atoms with E-state index < -0.39 is 0 Å². The first kappa shape index (κ1) is 10.9. The molecule has 0 saturated carbocycles. The van der Waals surface area contributed by atoms with Crippen molar-refractivity contribution in [2.24, 2.45) is 0 Å². The van der Waals surface area contributed by atoms with Crippen LogP contribution in [0.4, 0.5) is 0 Å². The second-order valence-electron chi connectivity index (χ2n) is 2.85. The van der Waals surface area contributed by atoms with Crippen LogP contribution in [-0.2, 0) is 0 Å². The Bertz CT molecular complexity index is 503. The van der Waals surface area contributed by atoms with E-state index in [4.69, 9.17) is 23.2 Å². The van der Waals surface area contributed by atoms with Gasteiger partial charge in [0.15, 0.2) is 0 Å². The molecule has 2 nitrogen and oxygen atoms in total. The van der Waals surface area contributed by atoms with E-state index in [9.17, 15) is 0 Å². The highest BCUT2D eigenvalue weighted by Crippen LogP contribution is 2.27. The van der Waals surface area contributed by atoms with Gasteiger partial charge in [0.05, 0.1) is 15.7 Å². The third kappa shape index (κ3) is 2.48. The largest absolute Gasteiger partial charge is 0.236 e. The lowest BCUT2D eigenvalue weighted by Crippen LogP contribution is -1.85. The van der Waals surface area contributed by atoms with Gasteiger partial charge >= 0.3 is 0 Å². The Morgan fingerprint density at radius 2 is 1.80 bits per heavy atom. The smallest absolute Gasteiger partial charge is 0.117 e. The molecule has 1 heterocycles. The number of hydrogen-bond acceptors (Lipinski definition) is 2. The molecule has 0 aliphatic heterocycles. The van der Waals surface area contributed by atoms with Crippen molar-refractivity contribution in [3.63, 3.8) is 0 Å². The van der Waals surface area contributed by atoms with Crippen molar-refractivity contribution in [1.82, 2.24) is 9.97 Å². The number of rotatable bonds is 1. The molecular formula is C10H5BrCl2N2. The predicted octanol–water partition coefficient (Wildman–Crippen LogP) is 4.21. The Labute approximate surface area is 105 Å². The molecule has 2 aromatic rings. The number of hydrogen-bond donors (Lipinski definition) is 0. The highest BCUT2D eigenvalue weighted by Gasteiger charge is 2.03. The molecule has 0 bridgehead atoms. The van der Waals surface area contributed by atoms with Crippen LogP contribution < -0.4 is 0 Å². The Kier molecular flexibility index (Phi) is 3.24. The number of benzene rings is 1. The topological polar surface area (TPSA) is 25.8 Å². The maximum atomic E-state index is 5.92. The minimum absolute atomic E-state index is 0.518. The zero-order valence-electron chi connectivity index (χ0n) is 7.42. The third-order valence-corrected chi connectivity index (χ3v) is 3.02. The van der Waals surface area contributed by atoms with Crippen LogP contribution in [0.25, 0.3) is 11.3 Å². The average Bonchev–Trinajstić information content (AvgIpc) is 2.22. The number of halogens is 3. The summed E-state index contributed by atoms with van der Waals surface area (Å²) in [7, 11) is 0. The van der Waals surface area contributed by atoms with Crippen molar-refractivity contribution < 1.29 is 0 Å². The molecule has 0 aliphatic rings. The first-order valence-electron chi connectivity index (χ1n) is 4.10. The van der Waals surface area contributed by atoms with Crippen LogP contribution in [0.5, 0.6) is 0 Å². The minimum atomic E-state index is 0.518. The lowest BCUT2D eigenvalue weighted by molar-refractivity contribution is 1.14. The van der Waals surface area contributed by atoms with Gasteiger partial charge in [-0.1, -0.05) is 29.3 Å². The molecule has 0 saturated heterocycles. The summed E-state index contributed by atoms with van der Waals surface area (Å²) in [4.78, 5) is 8.09. The van der Waals surface area contributed by atoms with Crippen LogP contribution >= 0.6 is 39.1 Å². The maximum absolute atomic E-state index is 5.92. The average molecular weight is 304 g/mol. The fourth-order valence-corrected chi connectivity index (χ4v) is 1.75. The lowest BCUT2D eigenvalue weighted by Gasteiger charge is -2.02. The Morgan fingerprint density at radius 3 is 2.47 bits per heavy atom. The minimum Gasteiger partial charge on any atom is -0.236 e. The quantitative estimate of drug-likeness (QED) is 0.737. The second-order valence-corrected chi connectivity index (χ2v) is 4.48. The van der Waals surface area contributed by atoms with Gasteiger partial charge in [-0.15, -0.1) is 0 Å². The molecule has 0 atom stereocenters. The van der Waals surface area contributed by atoms with Gasteiger partial charge in [-0.3, -0.25) is 0 Å². The van der Waals surface area contributed by atoms with Crippen LogP contribution in [0.15, 0.2) is 35.2 Å². The van der Waals surface area contributed by atoms with Gasteiger partial charge in [-0.25, -0.2) is 9.97 Å².